The molecule has 23 heteroatoms. The number of piperidine rings is 1. The largest absolute Gasteiger partial charge is 0.445 e. The van der Waals surface area contributed by atoms with E-state index in [0.29, 0.717) is 55.2 Å². The first-order valence-electron chi connectivity index (χ1n) is 26.8. The van der Waals surface area contributed by atoms with E-state index < -0.39 is 8.07 Å². The van der Waals surface area contributed by atoms with Crippen molar-refractivity contribution in [3.63, 3.8) is 0 Å². The zero-order chi connectivity index (χ0) is 54.5. The van der Waals surface area contributed by atoms with Gasteiger partial charge in [-0.15, -0.1) is 10.2 Å². The van der Waals surface area contributed by atoms with Crippen LogP contribution in [0.5, 0.6) is 0 Å². The predicted molar refractivity (Wildman–Crippen MR) is 302 cm³/mol. The summed E-state index contributed by atoms with van der Waals surface area (Å²) in [6.45, 7) is 17.3. The summed E-state index contributed by atoms with van der Waals surface area (Å²) in [5, 5.41) is 32.5. The standard InChI is InChI=1S/C34H44N10O3Si.C21H25N9/c1-23-18-35-33(36-26-13-12-24(2)44(19-26)34(45)47-21-25-10-8-7-9-11-25)38-30(23)28-20-43(22-46-16-17-48(4,5)6)31-27(28)14-15-29(37-31)32-39-40-41-42(32)3;1-12-4-6-14(7-5-12)24-21-23-10-13(2)18(26-21)16-11-22-19-15(16)8-9-17(25-19)20-27-28-29-30(20)3/h7-11,14-15,18,20,24,26H,12-13,16-17,19,21-22H2,1-6H3,(H,35,36,38);8-12,14H,4-7H2,1-3H3,(H,22,25)(H,23,24,26)/t24-,26-;/m1./s1. The van der Waals surface area contributed by atoms with Crippen molar-refractivity contribution in [2.75, 3.05) is 23.8 Å². The molecular weight excluding hydrogens is 1000 g/mol. The van der Waals surface area contributed by atoms with Gasteiger partial charge in [-0.25, -0.2) is 44.1 Å². The number of nitrogens with one attached hydrogen (secondary N) is 3. The van der Waals surface area contributed by atoms with Crippen LogP contribution in [0.15, 0.2) is 79.4 Å². The molecule has 1 amide bonds. The summed E-state index contributed by atoms with van der Waals surface area (Å²) in [4.78, 5) is 46.8. The number of nitrogens with zero attached hydrogens (tertiary/aromatic N) is 16. The Balaban J connectivity index is 0.000000196. The first-order chi connectivity index (χ1) is 37.6. The topological polar surface area (TPSA) is 248 Å². The number of carbonyl (C=O) groups is 1. The van der Waals surface area contributed by atoms with Gasteiger partial charge in [0, 0.05) is 100 Å². The first-order valence-corrected chi connectivity index (χ1v) is 30.5. The van der Waals surface area contributed by atoms with Crippen LogP contribution in [0.4, 0.5) is 16.7 Å². The molecule has 1 saturated heterocycles. The average Bonchev–Trinajstić information content (AvgIpc) is 4.29. The molecule has 1 aliphatic carbocycles. The monoisotopic (exact) mass is 1070 g/mol. The van der Waals surface area contributed by atoms with Gasteiger partial charge in [-0.2, -0.15) is 0 Å². The number of aromatic nitrogens is 16. The second kappa shape index (κ2) is 23.3. The lowest BCUT2D eigenvalue weighted by Gasteiger charge is -2.37. The number of hydrogen-bond acceptors (Lipinski definition) is 17. The molecule has 3 N–H and O–H groups in total. The van der Waals surface area contributed by atoms with Crippen LogP contribution in [0, 0.1) is 19.8 Å². The average molecular weight is 1070 g/mol. The molecule has 11 rings (SSSR count). The number of pyridine rings is 2. The number of aryl methyl sites for hydroxylation is 4. The van der Waals surface area contributed by atoms with Crippen molar-refractivity contribution in [1.82, 2.24) is 84.8 Å². The smallest absolute Gasteiger partial charge is 0.410 e. The predicted octanol–water partition coefficient (Wildman–Crippen LogP) is 9.42. The Hall–Kier alpha value is -8.05. The molecule has 2 fully saturated rings. The molecule has 8 aromatic heterocycles. The lowest BCUT2D eigenvalue weighted by molar-refractivity contribution is 0.0695. The maximum absolute atomic E-state index is 13.1. The lowest BCUT2D eigenvalue weighted by atomic mass is 9.87. The van der Waals surface area contributed by atoms with Crippen LogP contribution in [-0.2, 0) is 36.9 Å². The molecule has 1 aromatic carbocycles. The maximum atomic E-state index is 13.1. The number of hydrogen-bond donors (Lipinski definition) is 3. The highest BCUT2D eigenvalue weighted by atomic mass is 28.3. The fourth-order valence-electron chi connectivity index (χ4n) is 9.95. The summed E-state index contributed by atoms with van der Waals surface area (Å²) in [5.74, 6) is 3.22. The molecular formula is C55H69N19O3Si. The van der Waals surface area contributed by atoms with Crippen molar-refractivity contribution < 1.29 is 14.3 Å². The second-order valence-corrected chi connectivity index (χ2v) is 27.6. The van der Waals surface area contributed by atoms with Crippen molar-refractivity contribution >= 4 is 48.1 Å². The minimum atomic E-state index is -1.24. The number of likely N-dealkylation sites (tertiary alicyclic amines) is 1. The minimum absolute atomic E-state index is 0.0219. The molecule has 0 bridgehead atoms. The molecule has 0 unspecified atom stereocenters. The normalized spacial score (nSPS) is 17.7. The third-order valence-corrected chi connectivity index (χ3v) is 16.3. The van der Waals surface area contributed by atoms with Crippen molar-refractivity contribution in [3.05, 3.63) is 96.1 Å². The van der Waals surface area contributed by atoms with E-state index >= 15 is 0 Å². The summed E-state index contributed by atoms with van der Waals surface area (Å²) < 4.78 is 17.1. The Morgan fingerprint density at radius 2 is 1.35 bits per heavy atom. The third-order valence-electron chi connectivity index (χ3n) is 14.6. The Kier molecular flexibility index (Phi) is 15.9. The molecule has 1 aliphatic heterocycles. The Morgan fingerprint density at radius 3 is 1.99 bits per heavy atom. The SMILES string of the molecule is Cc1cnc(NC2CCC(C)CC2)nc1-c1c[nH]c2nc(-c3nnnn3C)ccc12.Cc1cnc(N[C@@H]2CC[C@@H](C)N(C(=O)OCc3ccccc3)C2)nc1-c1cn(COCC[Si](C)(C)C)c2nc(-c3nnnn3C)ccc12. The summed E-state index contributed by atoms with van der Waals surface area (Å²) in [7, 11) is 2.35. The number of tetrazole rings is 2. The maximum Gasteiger partial charge on any atom is 0.410 e. The summed E-state index contributed by atoms with van der Waals surface area (Å²) in [6.07, 6.45) is 14.0. The Bertz CT molecular complexity index is 3510. The molecule has 2 aliphatic rings. The van der Waals surface area contributed by atoms with Gasteiger partial charge < -0.3 is 34.6 Å². The van der Waals surface area contributed by atoms with Gasteiger partial charge >= 0.3 is 6.09 Å². The molecule has 0 spiro atoms. The zero-order valence-corrected chi connectivity index (χ0v) is 47.0. The van der Waals surface area contributed by atoms with Gasteiger partial charge in [-0.3, -0.25) is 0 Å². The third kappa shape index (κ3) is 12.4. The number of carbonyl (C=O) groups excluding carboxylic acids is 1. The highest BCUT2D eigenvalue weighted by Gasteiger charge is 2.31. The van der Waals surface area contributed by atoms with E-state index in [1.54, 1.807) is 28.4 Å². The second-order valence-electron chi connectivity index (χ2n) is 22.0. The number of H-pyrrole nitrogens is 1. The lowest BCUT2D eigenvalue weighted by Crippen LogP contribution is -2.50. The van der Waals surface area contributed by atoms with Gasteiger partial charge in [0.1, 0.15) is 36.0 Å². The molecule has 22 nitrogen and oxygen atoms in total. The van der Waals surface area contributed by atoms with E-state index in [4.69, 9.17) is 29.4 Å². The molecule has 9 aromatic rings. The minimum Gasteiger partial charge on any atom is -0.445 e. The molecule has 0 radical (unpaired) electrons. The van der Waals surface area contributed by atoms with Gasteiger partial charge in [0.05, 0.1) is 11.4 Å². The van der Waals surface area contributed by atoms with Crippen molar-refractivity contribution in [1.29, 1.82) is 0 Å². The number of rotatable bonds is 15. The van der Waals surface area contributed by atoms with E-state index in [9.17, 15) is 4.79 Å². The van der Waals surface area contributed by atoms with Crippen LogP contribution in [0.25, 0.3) is 67.6 Å². The quantitative estimate of drug-likeness (QED) is 0.0639. The van der Waals surface area contributed by atoms with Crippen molar-refractivity contribution in [2.24, 2.45) is 20.0 Å². The van der Waals surface area contributed by atoms with Crippen LogP contribution >= 0.6 is 0 Å². The molecule has 406 valence electrons. The van der Waals surface area contributed by atoms with Crippen LogP contribution < -0.4 is 10.6 Å². The molecule has 2 atom stereocenters. The summed E-state index contributed by atoms with van der Waals surface area (Å²) in [6, 6.07) is 19.2. The van der Waals surface area contributed by atoms with Crippen LogP contribution in [0.2, 0.25) is 25.7 Å². The van der Waals surface area contributed by atoms with Crippen molar-refractivity contribution in [3.8, 4) is 45.6 Å². The number of aromatic amines is 1. The van der Waals surface area contributed by atoms with Crippen LogP contribution in [0.1, 0.15) is 69.1 Å². The highest BCUT2D eigenvalue weighted by molar-refractivity contribution is 6.76. The van der Waals surface area contributed by atoms with E-state index in [-0.39, 0.29) is 24.8 Å². The van der Waals surface area contributed by atoms with Crippen molar-refractivity contribution in [2.45, 2.75) is 123 Å². The summed E-state index contributed by atoms with van der Waals surface area (Å²) in [5.41, 5.74) is 9.51. The highest BCUT2D eigenvalue weighted by Crippen LogP contribution is 2.35. The zero-order valence-electron chi connectivity index (χ0n) is 46.0. The number of amides is 1. The summed E-state index contributed by atoms with van der Waals surface area (Å²) >= 11 is 0. The first kappa shape index (κ1) is 53.3. The van der Waals surface area contributed by atoms with Gasteiger partial charge in [-0.1, -0.05) is 56.9 Å². The fourth-order valence-corrected chi connectivity index (χ4v) is 10.7. The fraction of sp³-hybridized carbons (Fsp3) is 0.436. The molecule has 1 saturated carbocycles. The van der Waals surface area contributed by atoms with Crippen LogP contribution in [-0.4, -0.2) is 130 Å². The Labute approximate surface area is 454 Å². The van der Waals surface area contributed by atoms with E-state index in [0.717, 1.165) is 91.8 Å². The van der Waals surface area contributed by atoms with Gasteiger partial charge in [0.25, 0.3) is 0 Å². The molecule has 9 heterocycles. The van der Waals surface area contributed by atoms with Gasteiger partial charge in [0.15, 0.2) is 11.6 Å². The van der Waals surface area contributed by atoms with Crippen LogP contribution in [0.3, 0.4) is 0 Å². The van der Waals surface area contributed by atoms with E-state index in [1.807, 2.05) is 91.6 Å². The van der Waals surface area contributed by atoms with Gasteiger partial charge in [0.2, 0.25) is 11.9 Å². The number of benzene rings is 1. The molecule has 78 heavy (non-hydrogen) atoms. The Morgan fingerprint density at radius 1 is 0.731 bits per heavy atom. The van der Waals surface area contributed by atoms with E-state index in [2.05, 4.69) is 96.3 Å². The van der Waals surface area contributed by atoms with Gasteiger partial charge in [-0.05, 0) is 133 Å². The van der Waals surface area contributed by atoms with E-state index in [1.165, 1.54) is 25.7 Å². The number of ether oxygens (including phenoxy) is 2. The number of fused-ring (bicyclic) bond motifs is 2. The number of anilines is 2.